The molecule has 2 rings (SSSR count). The summed E-state index contributed by atoms with van der Waals surface area (Å²) in [6, 6.07) is 8.13. The van der Waals surface area contributed by atoms with Crippen LogP contribution in [0.25, 0.3) is 0 Å². The zero-order valence-corrected chi connectivity index (χ0v) is 18.4. The standard InChI is InChI=1S/C23H32N2O5/c1-16-20(17-12-8-6-9-13-17)29-19(26)15-11-7-10-14-18(21(27)25(16)5)24-22(28)30-23(2,3)4/h6-10,12-13,16,18,20H,11,14-15H2,1-5H3,(H,24,28)/b10-7-/t16-,18-,20+/m1/s1. The van der Waals surface area contributed by atoms with Gasteiger partial charge in [-0.05, 0) is 46.1 Å². The number of amides is 2. The van der Waals surface area contributed by atoms with Gasteiger partial charge in [0.25, 0.3) is 0 Å². The lowest BCUT2D eigenvalue weighted by Crippen LogP contribution is -2.52. The molecule has 2 amide bonds. The van der Waals surface area contributed by atoms with Crippen molar-refractivity contribution in [2.45, 2.75) is 70.7 Å². The Kier molecular flexibility index (Phi) is 8.03. The minimum atomic E-state index is -0.782. The van der Waals surface area contributed by atoms with E-state index in [2.05, 4.69) is 5.32 Å². The van der Waals surface area contributed by atoms with E-state index in [1.165, 1.54) is 4.90 Å². The van der Waals surface area contributed by atoms with E-state index in [1.807, 2.05) is 43.3 Å². The number of cyclic esters (lactones) is 1. The molecule has 0 bridgehead atoms. The average molecular weight is 417 g/mol. The molecule has 0 saturated carbocycles. The number of carbonyl (C=O) groups excluding carboxylic acids is 3. The first-order valence-electron chi connectivity index (χ1n) is 10.2. The van der Waals surface area contributed by atoms with E-state index >= 15 is 0 Å². The fraction of sp³-hybridized carbons (Fsp3) is 0.522. The molecule has 1 N–H and O–H groups in total. The largest absolute Gasteiger partial charge is 0.455 e. The molecular weight excluding hydrogens is 384 g/mol. The average Bonchev–Trinajstić information content (AvgIpc) is 2.68. The molecule has 0 saturated heterocycles. The molecule has 1 heterocycles. The topological polar surface area (TPSA) is 84.9 Å². The Morgan fingerprint density at radius 1 is 1.17 bits per heavy atom. The van der Waals surface area contributed by atoms with E-state index in [-0.39, 0.29) is 18.3 Å². The van der Waals surface area contributed by atoms with Crippen LogP contribution in [0.5, 0.6) is 0 Å². The number of nitrogens with one attached hydrogen (secondary N) is 1. The predicted octanol–water partition coefficient (Wildman–Crippen LogP) is 3.75. The number of hydrogen-bond donors (Lipinski definition) is 1. The van der Waals surface area contributed by atoms with Gasteiger partial charge in [0.15, 0.2) is 0 Å². The van der Waals surface area contributed by atoms with Gasteiger partial charge in [0.2, 0.25) is 5.91 Å². The van der Waals surface area contributed by atoms with Crippen LogP contribution in [0.1, 0.15) is 58.6 Å². The van der Waals surface area contributed by atoms with Crippen LogP contribution in [0.2, 0.25) is 0 Å². The molecule has 1 aliphatic rings. The summed E-state index contributed by atoms with van der Waals surface area (Å²) in [5.74, 6) is -0.597. The first kappa shape index (κ1) is 23.4. The molecule has 1 aromatic carbocycles. The lowest BCUT2D eigenvalue weighted by molar-refractivity contribution is -0.155. The van der Waals surface area contributed by atoms with Crippen LogP contribution in [0.4, 0.5) is 4.79 Å². The lowest BCUT2D eigenvalue weighted by Gasteiger charge is -2.34. The van der Waals surface area contributed by atoms with Crippen molar-refractivity contribution in [3.63, 3.8) is 0 Å². The van der Waals surface area contributed by atoms with Crippen molar-refractivity contribution in [3.05, 3.63) is 48.0 Å². The van der Waals surface area contributed by atoms with Gasteiger partial charge in [0, 0.05) is 13.5 Å². The molecule has 30 heavy (non-hydrogen) atoms. The normalized spacial score (nSPS) is 24.8. The van der Waals surface area contributed by atoms with Crippen molar-refractivity contribution in [2.24, 2.45) is 0 Å². The Labute approximate surface area is 178 Å². The van der Waals surface area contributed by atoms with Gasteiger partial charge in [-0.25, -0.2) is 4.79 Å². The Morgan fingerprint density at radius 2 is 1.83 bits per heavy atom. The van der Waals surface area contributed by atoms with Crippen molar-refractivity contribution in [3.8, 4) is 0 Å². The van der Waals surface area contributed by atoms with Gasteiger partial charge in [-0.1, -0.05) is 42.5 Å². The Bertz CT molecular complexity index is 770. The maximum Gasteiger partial charge on any atom is 0.408 e. The molecular formula is C23H32N2O5. The summed E-state index contributed by atoms with van der Waals surface area (Å²) in [5.41, 5.74) is 0.141. The molecule has 1 aliphatic heterocycles. The third kappa shape index (κ3) is 6.90. The fourth-order valence-corrected chi connectivity index (χ4v) is 3.16. The van der Waals surface area contributed by atoms with Gasteiger partial charge in [0.1, 0.15) is 17.7 Å². The zero-order valence-electron chi connectivity index (χ0n) is 18.4. The number of ether oxygens (including phenoxy) is 2. The van der Waals surface area contributed by atoms with Crippen LogP contribution in [0.3, 0.4) is 0 Å². The minimum absolute atomic E-state index is 0.244. The quantitative estimate of drug-likeness (QED) is 0.586. The second kappa shape index (κ2) is 10.3. The van der Waals surface area contributed by atoms with Gasteiger partial charge < -0.3 is 19.7 Å². The molecule has 0 fully saturated rings. The van der Waals surface area contributed by atoms with Crippen molar-refractivity contribution in [1.29, 1.82) is 0 Å². The maximum atomic E-state index is 13.2. The first-order chi connectivity index (χ1) is 14.1. The highest BCUT2D eigenvalue weighted by Gasteiger charge is 2.33. The second-order valence-electron chi connectivity index (χ2n) is 8.46. The molecule has 0 radical (unpaired) electrons. The highest BCUT2D eigenvalue weighted by atomic mass is 16.6. The third-order valence-corrected chi connectivity index (χ3v) is 4.83. The summed E-state index contributed by atoms with van der Waals surface area (Å²) in [7, 11) is 1.65. The molecule has 0 unspecified atom stereocenters. The van der Waals surface area contributed by atoms with E-state index in [1.54, 1.807) is 33.9 Å². The summed E-state index contributed by atoms with van der Waals surface area (Å²) in [4.78, 5) is 39.3. The highest BCUT2D eigenvalue weighted by Crippen LogP contribution is 2.26. The number of allylic oxidation sites excluding steroid dienone is 1. The summed E-state index contributed by atoms with van der Waals surface area (Å²) >= 11 is 0. The second-order valence-corrected chi connectivity index (χ2v) is 8.46. The lowest BCUT2D eigenvalue weighted by atomic mass is 10.0. The maximum absolute atomic E-state index is 13.2. The van der Waals surface area contributed by atoms with Gasteiger partial charge in [0.05, 0.1) is 6.04 Å². The van der Waals surface area contributed by atoms with Gasteiger partial charge in [-0.15, -0.1) is 0 Å². The monoisotopic (exact) mass is 416 g/mol. The number of hydrogen-bond acceptors (Lipinski definition) is 5. The van der Waals surface area contributed by atoms with E-state index < -0.39 is 29.9 Å². The summed E-state index contributed by atoms with van der Waals surface area (Å²) in [6.07, 6.45) is 3.40. The fourth-order valence-electron chi connectivity index (χ4n) is 3.16. The van der Waals surface area contributed by atoms with Crippen molar-refractivity contribution in [2.75, 3.05) is 7.05 Å². The third-order valence-electron chi connectivity index (χ3n) is 4.83. The van der Waals surface area contributed by atoms with Crippen LogP contribution in [0, 0.1) is 0 Å². The molecule has 0 spiro atoms. The summed E-state index contributed by atoms with van der Waals surface area (Å²) in [6.45, 7) is 7.13. The Balaban J connectivity index is 2.28. The SMILES string of the molecule is C[C@@H]1[C@@H](c2ccccc2)OC(=O)CC/C=C\C[C@@H](NC(=O)OC(C)(C)C)C(=O)N1C. The minimum Gasteiger partial charge on any atom is -0.455 e. The number of nitrogens with zero attached hydrogens (tertiary/aromatic N) is 1. The summed E-state index contributed by atoms with van der Waals surface area (Å²) in [5, 5.41) is 2.68. The Hall–Kier alpha value is -2.83. The van der Waals surface area contributed by atoms with Crippen molar-refractivity contribution in [1.82, 2.24) is 10.2 Å². The van der Waals surface area contributed by atoms with Gasteiger partial charge in [-0.2, -0.15) is 0 Å². The van der Waals surface area contributed by atoms with Gasteiger partial charge in [-0.3, -0.25) is 9.59 Å². The van der Waals surface area contributed by atoms with E-state index in [0.717, 1.165) is 5.56 Å². The number of esters is 1. The van der Waals surface area contributed by atoms with Crippen LogP contribution < -0.4 is 5.32 Å². The molecule has 0 aliphatic carbocycles. The highest BCUT2D eigenvalue weighted by molar-refractivity contribution is 5.86. The number of alkyl carbamates (subject to hydrolysis) is 1. The molecule has 7 heteroatoms. The molecule has 164 valence electrons. The van der Waals surface area contributed by atoms with Crippen molar-refractivity contribution >= 4 is 18.0 Å². The smallest absolute Gasteiger partial charge is 0.408 e. The summed E-state index contributed by atoms with van der Waals surface area (Å²) < 4.78 is 11.1. The van der Waals surface area contributed by atoms with Gasteiger partial charge >= 0.3 is 12.1 Å². The van der Waals surface area contributed by atoms with Crippen LogP contribution in [0.15, 0.2) is 42.5 Å². The van der Waals surface area contributed by atoms with Crippen LogP contribution >= 0.6 is 0 Å². The number of benzene rings is 1. The van der Waals surface area contributed by atoms with E-state index in [0.29, 0.717) is 12.8 Å². The van der Waals surface area contributed by atoms with Crippen LogP contribution in [-0.2, 0) is 19.1 Å². The Morgan fingerprint density at radius 3 is 2.47 bits per heavy atom. The van der Waals surface area contributed by atoms with Crippen molar-refractivity contribution < 1.29 is 23.9 Å². The molecule has 3 atom stereocenters. The molecule has 0 aromatic heterocycles. The predicted molar refractivity (Wildman–Crippen MR) is 114 cm³/mol. The number of likely N-dealkylation sites (N-methyl/N-ethyl adjacent to an activating group) is 1. The molecule has 1 aromatic rings. The zero-order chi connectivity index (χ0) is 22.3. The molecule has 7 nitrogen and oxygen atoms in total. The van der Waals surface area contributed by atoms with Crippen LogP contribution in [-0.4, -0.2) is 47.6 Å². The van der Waals surface area contributed by atoms with E-state index in [4.69, 9.17) is 9.47 Å². The van der Waals surface area contributed by atoms with E-state index in [9.17, 15) is 14.4 Å². The number of carbonyl (C=O) groups is 3. The number of rotatable bonds is 2. The first-order valence-corrected chi connectivity index (χ1v) is 10.2.